The van der Waals surface area contributed by atoms with Crippen molar-refractivity contribution in [2.45, 2.75) is 0 Å². The van der Waals surface area contributed by atoms with Gasteiger partial charge in [0.05, 0.1) is 16.9 Å². The van der Waals surface area contributed by atoms with Gasteiger partial charge in [-0.3, -0.25) is 4.98 Å². The third-order valence-corrected chi connectivity index (χ3v) is 3.94. The van der Waals surface area contributed by atoms with E-state index in [9.17, 15) is 4.79 Å². The maximum absolute atomic E-state index is 12.1. The molecule has 0 saturated heterocycles. The van der Waals surface area contributed by atoms with Crippen molar-refractivity contribution in [1.82, 2.24) is 4.98 Å². The fraction of sp³-hybridized carbons (Fsp3) is 0. The maximum atomic E-state index is 12.1. The van der Waals surface area contributed by atoms with Crippen molar-refractivity contribution in [2.75, 3.05) is 10.6 Å². The quantitative estimate of drug-likeness (QED) is 0.635. The minimum atomic E-state index is -0.280. The molecule has 0 spiro atoms. The van der Waals surface area contributed by atoms with Crippen molar-refractivity contribution >= 4 is 50.9 Å². The van der Waals surface area contributed by atoms with Gasteiger partial charge in [0, 0.05) is 15.2 Å². The first-order valence-electron chi connectivity index (χ1n) is 6.40. The van der Waals surface area contributed by atoms with Crippen molar-refractivity contribution in [3.8, 4) is 0 Å². The van der Waals surface area contributed by atoms with Crippen LogP contribution in [0.2, 0.25) is 0 Å². The first-order chi connectivity index (χ1) is 10.2. The van der Waals surface area contributed by atoms with Crippen LogP contribution in [0.15, 0.2) is 60.8 Å². The van der Waals surface area contributed by atoms with Gasteiger partial charge in [-0.2, -0.15) is 0 Å². The van der Waals surface area contributed by atoms with Crippen LogP contribution in [0.25, 0.3) is 10.9 Å². The summed E-state index contributed by atoms with van der Waals surface area (Å²) in [4.78, 5) is 16.4. The molecule has 5 heteroatoms. The van der Waals surface area contributed by atoms with Crippen LogP contribution in [0.5, 0.6) is 0 Å². The van der Waals surface area contributed by atoms with Crippen LogP contribution in [0.1, 0.15) is 0 Å². The molecular weight excluding hydrogens is 377 g/mol. The number of nitrogens with zero attached hydrogens (tertiary/aromatic N) is 1. The maximum Gasteiger partial charge on any atom is 0.323 e. The van der Waals surface area contributed by atoms with Crippen molar-refractivity contribution in [3.63, 3.8) is 0 Å². The number of urea groups is 1. The second-order valence-corrected chi connectivity index (χ2v) is 5.60. The lowest BCUT2D eigenvalue weighted by Crippen LogP contribution is -2.20. The van der Waals surface area contributed by atoms with Gasteiger partial charge in [0.15, 0.2) is 0 Å². The van der Waals surface area contributed by atoms with Gasteiger partial charge in [-0.25, -0.2) is 4.79 Å². The third kappa shape index (κ3) is 3.13. The molecule has 0 bridgehead atoms. The second kappa shape index (κ2) is 6.09. The average Bonchev–Trinajstić information content (AvgIpc) is 2.50. The number of hydrogen-bond donors (Lipinski definition) is 2. The second-order valence-electron chi connectivity index (χ2n) is 4.44. The van der Waals surface area contributed by atoms with Crippen LogP contribution in [0.3, 0.4) is 0 Å². The zero-order valence-electron chi connectivity index (χ0n) is 11.0. The molecule has 2 aromatic carbocycles. The number of amides is 2. The molecule has 104 valence electrons. The molecule has 21 heavy (non-hydrogen) atoms. The SMILES string of the molecule is O=C(Nc1ccccc1I)Nc1cccc2cccnc12. The van der Waals surface area contributed by atoms with Crippen molar-refractivity contribution in [1.29, 1.82) is 0 Å². The van der Waals surface area contributed by atoms with E-state index in [1.165, 1.54) is 0 Å². The number of benzene rings is 2. The lowest BCUT2D eigenvalue weighted by molar-refractivity contribution is 0.262. The van der Waals surface area contributed by atoms with E-state index in [4.69, 9.17) is 0 Å². The average molecular weight is 389 g/mol. The fourth-order valence-electron chi connectivity index (χ4n) is 2.04. The van der Waals surface area contributed by atoms with E-state index in [2.05, 4.69) is 38.2 Å². The number of carbonyl (C=O) groups is 1. The summed E-state index contributed by atoms with van der Waals surface area (Å²) in [5.41, 5.74) is 2.25. The fourth-order valence-corrected chi connectivity index (χ4v) is 2.57. The molecule has 2 N–H and O–H groups in total. The van der Waals surface area contributed by atoms with Crippen LogP contribution in [0.4, 0.5) is 16.2 Å². The summed E-state index contributed by atoms with van der Waals surface area (Å²) in [6, 6.07) is 16.9. The summed E-state index contributed by atoms with van der Waals surface area (Å²) in [5, 5.41) is 6.67. The van der Waals surface area contributed by atoms with Crippen LogP contribution >= 0.6 is 22.6 Å². The molecule has 0 aliphatic rings. The molecule has 0 aliphatic carbocycles. The minimum Gasteiger partial charge on any atom is -0.307 e. The number of anilines is 2. The molecule has 1 aromatic heterocycles. The Morgan fingerprint density at radius 3 is 2.48 bits per heavy atom. The number of rotatable bonds is 2. The Labute approximate surface area is 135 Å². The highest BCUT2D eigenvalue weighted by atomic mass is 127. The molecule has 0 radical (unpaired) electrons. The predicted molar refractivity (Wildman–Crippen MR) is 93.5 cm³/mol. The summed E-state index contributed by atoms with van der Waals surface area (Å²) in [6.45, 7) is 0. The van der Waals surface area contributed by atoms with Gasteiger partial charge in [0.25, 0.3) is 0 Å². The highest BCUT2D eigenvalue weighted by Crippen LogP contribution is 2.21. The molecule has 0 fully saturated rings. The van der Waals surface area contributed by atoms with Crippen LogP contribution in [-0.2, 0) is 0 Å². The Morgan fingerprint density at radius 2 is 1.62 bits per heavy atom. The first kappa shape index (κ1) is 13.8. The molecule has 3 aromatic rings. The van der Waals surface area contributed by atoms with Gasteiger partial charge in [-0.15, -0.1) is 0 Å². The molecule has 1 heterocycles. The number of hydrogen-bond acceptors (Lipinski definition) is 2. The summed E-state index contributed by atoms with van der Waals surface area (Å²) in [7, 11) is 0. The van der Waals surface area contributed by atoms with Gasteiger partial charge < -0.3 is 10.6 Å². The highest BCUT2D eigenvalue weighted by Gasteiger charge is 2.07. The van der Waals surface area contributed by atoms with Crippen LogP contribution in [-0.4, -0.2) is 11.0 Å². The molecule has 3 rings (SSSR count). The van der Waals surface area contributed by atoms with E-state index >= 15 is 0 Å². The van der Waals surface area contributed by atoms with Gasteiger partial charge >= 0.3 is 6.03 Å². The van der Waals surface area contributed by atoms with E-state index in [0.29, 0.717) is 5.69 Å². The molecule has 0 aliphatic heterocycles. The first-order valence-corrected chi connectivity index (χ1v) is 7.48. The summed E-state index contributed by atoms with van der Waals surface area (Å²) >= 11 is 2.18. The molecule has 2 amide bonds. The molecule has 4 nitrogen and oxygen atoms in total. The Bertz CT molecular complexity index is 799. The Morgan fingerprint density at radius 1 is 0.905 bits per heavy atom. The zero-order chi connectivity index (χ0) is 14.7. The molecule has 0 atom stereocenters. The normalized spacial score (nSPS) is 10.3. The Balaban J connectivity index is 1.82. The van der Waals surface area contributed by atoms with Crippen LogP contribution < -0.4 is 10.6 Å². The van der Waals surface area contributed by atoms with Crippen LogP contribution in [0, 0.1) is 3.57 Å². The van der Waals surface area contributed by atoms with Gasteiger partial charge in [0.1, 0.15) is 0 Å². The van der Waals surface area contributed by atoms with E-state index in [1.807, 2.05) is 54.6 Å². The van der Waals surface area contributed by atoms with Crippen molar-refractivity contribution in [2.24, 2.45) is 0 Å². The Kier molecular flexibility index (Phi) is 4.01. The number of nitrogens with one attached hydrogen (secondary N) is 2. The lowest BCUT2D eigenvalue weighted by Gasteiger charge is -2.10. The number of halogens is 1. The monoisotopic (exact) mass is 389 g/mol. The number of pyridine rings is 1. The zero-order valence-corrected chi connectivity index (χ0v) is 13.2. The summed E-state index contributed by atoms with van der Waals surface area (Å²) in [5.74, 6) is 0. The topological polar surface area (TPSA) is 54.0 Å². The van der Waals surface area contributed by atoms with Gasteiger partial charge in [-0.05, 0) is 46.9 Å². The highest BCUT2D eigenvalue weighted by molar-refractivity contribution is 14.1. The smallest absolute Gasteiger partial charge is 0.307 e. The van der Waals surface area contributed by atoms with E-state index < -0.39 is 0 Å². The van der Waals surface area contributed by atoms with Gasteiger partial charge in [-0.1, -0.05) is 30.3 Å². The van der Waals surface area contributed by atoms with Crippen molar-refractivity contribution in [3.05, 3.63) is 64.4 Å². The predicted octanol–water partition coefficient (Wildman–Crippen LogP) is 4.48. The van der Waals surface area contributed by atoms with E-state index in [0.717, 1.165) is 20.2 Å². The number of fused-ring (bicyclic) bond motifs is 1. The Hall–Kier alpha value is -2.15. The summed E-state index contributed by atoms with van der Waals surface area (Å²) < 4.78 is 0.987. The minimum absolute atomic E-state index is 0.280. The standard InChI is InChI=1S/C16H12IN3O/c17-12-7-1-2-8-13(12)19-16(21)20-14-9-3-5-11-6-4-10-18-15(11)14/h1-10H,(H2,19,20,21). The molecular formula is C16H12IN3O. The molecule has 0 saturated carbocycles. The van der Waals surface area contributed by atoms with E-state index in [-0.39, 0.29) is 6.03 Å². The van der Waals surface area contributed by atoms with Crippen molar-refractivity contribution < 1.29 is 4.79 Å². The van der Waals surface area contributed by atoms with E-state index in [1.54, 1.807) is 6.20 Å². The molecule has 0 unspecified atom stereocenters. The third-order valence-electron chi connectivity index (χ3n) is 3.00. The largest absolute Gasteiger partial charge is 0.323 e. The lowest BCUT2D eigenvalue weighted by atomic mass is 10.2. The number of para-hydroxylation sites is 2. The number of carbonyl (C=O) groups excluding carboxylic acids is 1. The van der Waals surface area contributed by atoms with Gasteiger partial charge in [0.2, 0.25) is 0 Å². The summed E-state index contributed by atoms with van der Waals surface area (Å²) in [6.07, 6.45) is 1.71. The number of aromatic nitrogens is 1.